The molecule has 4 rings (SSSR count). The van der Waals surface area contributed by atoms with Crippen molar-refractivity contribution in [3.05, 3.63) is 41.9 Å². The van der Waals surface area contributed by atoms with E-state index >= 15 is 0 Å². The number of aromatic nitrogens is 3. The van der Waals surface area contributed by atoms with Gasteiger partial charge < -0.3 is 19.1 Å². The lowest BCUT2D eigenvalue weighted by molar-refractivity contribution is -0.139. The zero-order chi connectivity index (χ0) is 24.3. The number of carbonyl (C=O) groups is 1. The van der Waals surface area contributed by atoms with E-state index in [0.717, 1.165) is 18.9 Å². The maximum absolute atomic E-state index is 13.9. The molecule has 1 fully saturated rings. The fraction of sp³-hybridized carbons (Fsp3) is 0.391. The molecule has 3 aromatic rings. The number of nitriles is 1. The third kappa shape index (κ3) is 5.12. The minimum atomic E-state index is -4.68. The third-order valence-electron chi connectivity index (χ3n) is 5.71. The minimum absolute atomic E-state index is 0.102. The number of halogens is 3. The molecular formula is C23H21F3N4O4. The minimum Gasteiger partial charge on any atom is -0.493 e. The monoisotopic (exact) mass is 474 g/mol. The van der Waals surface area contributed by atoms with E-state index < -0.39 is 24.3 Å². The van der Waals surface area contributed by atoms with E-state index in [4.69, 9.17) is 14.6 Å². The molecule has 0 aliphatic carbocycles. The smallest absolute Gasteiger partial charge is 0.419 e. The van der Waals surface area contributed by atoms with Gasteiger partial charge in [-0.05, 0) is 49.4 Å². The van der Waals surface area contributed by atoms with Crippen molar-refractivity contribution in [2.24, 2.45) is 5.92 Å². The second kappa shape index (κ2) is 9.69. The molecule has 1 saturated heterocycles. The van der Waals surface area contributed by atoms with Crippen molar-refractivity contribution in [2.75, 3.05) is 19.8 Å². The van der Waals surface area contributed by atoms with Gasteiger partial charge in [0, 0.05) is 30.4 Å². The average molecular weight is 474 g/mol. The molecule has 2 aromatic heterocycles. The second-order valence-corrected chi connectivity index (χ2v) is 7.98. The summed E-state index contributed by atoms with van der Waals surface area (Å²) in [5.41, 5.74) is -0.590. The standard InChI is InChI=1S/C23H21F3N4O4/c24-23(25,26)17-11-15(1-2-18(17)34-10-6-14-4-8-33-9-5-14)21-16-3-7-30(13-20(31)32)22(16)29-19(12-27)28-21/h1-3,7,11,14H,4-6,8-10,13H2,(H,31,32). The van der Waals surface area contributed by atoms with Crippen molar-refractivity contribution in [1.29, 1.82) is 5.26 Å². The SMILES string of the molecule is N#Cc1nc(-c2ccc(OCCC3CCOCC3)c(C(F)(F)F)c2)c2ccn(CC(=O)O)c2n1. The Morgan fingerprint density at radius 1 is 1.26 bits per heavy atom. The normalized spacial score (nSPS) is 14.8. The zero-order valence-corrected chi connectivity index (χ0v) is 18.0. The topological polar surface area (TPSA) is 110 Å². The van der Waals surface area contributed by atoms with E-state index in [9.17, 15) is 23.2 Å². The van der Waals surface area contributed by atoms with Crippen LogP contribution >= 0.6 is 0 Å². The molecule has 178 valence electrons. The van der Waals surface area contributed by atoms with Crippen LogP contribution in [0.5, 0.6) is 5.75 Å². The number of benzene rings is 1. The van der Waals surface area contributed by atoms with Gasteiger partial charge in [0.05, 0.1) is 17.9 Å². The molecule has 11 heteroatoms. The maximum Gasteiger partial charge on any atom is 0.419 e. The molecule has 3 heterocycles. The number of carboxylic acids is 1. The third-order valence-corrected chi connectivity index (χ3v) is 5.71. The van der Waals surface area contributed by atoms with Crippen LogP contribution in [-0.2, 0) is 22.3 Å². The summed E-state index contributed by atoms with van der Waals surface area (Å²) in [4.78, 5) is 19.3. The first kappa shape index (κ1) is 23.5. The molecule has 0 saturated carbocycles. The van der Waals surface area contributed by atoms with Gasteiger partial charge in [-0.1, -0.05) is 0 Å². The van der Waals surface area contributed by atoms with Gasteiger partial charge >= 0.3 is 12.1 Å². The van der Waals surface area contributed by atoms with Crippen molar-refractivity contribution in [1.82, 2.24) is 14.5 Å². The summed E-state index contributed by atoms with van der Waals surface area (Å²) < 4.78 is 53.8. The summed E-state index contributed by atoms with van der Waals surface area (Å²) in [6.07, 6.45) is -0.876. The first-order valence-corrected chi connectivity index (χ1v) is 10.7. The van der Waals surface area contributed by atoms with Crippen molar-refractivity contribution in [2.45, 2.75) is 32.0 Å². The maximum atomic E-state index is 13.9. The highest BCUT2D eigenvalue weighted by molar-refractivity contribution is 5.92. The molecule has 0 radical (unpaired) electrons. The van der Waals surface area contributed by atoms with Crippen molar-refractivity contribution >= 4 is 17.0 Å². The lowest BCUT2D eigenvalue weighted by Gasteiger charge is -2.22. The molecule has 0 spiro atoms. The zero-order valence-electron chi connectivity index (χ0n) is 18.0. The van der Waals surface area contributed by atoms with Gasteiger partial charge in [-0.15, -0.1) is 0 Å². The second-order valence-electron chi connectivity index (χ2n) is 7.98. The lowest BCUT2D eigenvalue weighted by Crippen LogP contribution is -2.18. The van der Waals surface area contributed by atoms with Crippen LogP contribution in [0.1, 0.15) is 30.7 Å². The fourth-order valence-corrected chi connectivity index (χ4v) is 4.00. The molecule has 8 nitrogen and oxygen atoms in total. The number of rotatable bonds is 7. The van der Waals surface area contributed by atoms with Gasteiger partial charge in [0.2, 0.25) is 5.82 Å². The van der Waals surface area contributed by atoms with Crippen LogP contribution in [0.4, 0.5) is 13.2 Å². The molecule has 0 atom stereocenters. The van der Waals surface area contributed by atoms with Crippen LogP contribution in [0.15, 0.2) is 30.5 Å². The number of aliphatic carboxylic acids is 1. The Balaban J connectivity index is 1.68. The Kier molecular flexibility index (Phi) is 6.70. The van der Waals surface area contributed by atoms with Crippen LogP contribution < -0.4 is 4.74 Å². The van der Waals surface area contributed by atoms with E-state index in [0.29, 0.717) is 30.9 Å². The summed E-state index contributed by atoms with van der Waals surface area (Å²) in [6, 6.07) is 6.91. The Bertz CT molecular complexity index is 1240. The molecule has 1 N–H and O–H groups in total. The molecule has 1 aromatic carbocycles. The van der Waals surface area contributed by atoms with E-state index in [1.54, 1.807) is 6.07 Å². The summed E-state index contributed by atoms with van der Waals surface area (Å²) >= 11 is 0. The van der Waals surface area contributed by atoms with E-state index in [-0.39, 0.29) is 35.1 Å². The molecule has 0 bridgehead atoms. The van der Waals surface area contributed by atoms with Crippen molar-refractivity contribution in [3.8, 4) is 23.1 Å². The van der Waals surface area contributed by atoms with E-state index in [1.165, 1.54) is 29.0 Å². The van der Waals surface area contributed by atoms with Gasteiger partial charge in [0.15, 0.2) is 0 Å². The van der Waals surface area contributed by atoms with Gasteiger partial charge in [-0.3, -0.25) is 4.79 Å². The number of nitrogens with zero attached hydrogens (tertiary/aromatic N) is 4. The van der Waals surface area contributed by atoms with Crippen LogP contribution in [0, 0.1) is 17.2 Å². The number of fused-ring (bicyclic) bond motifs is 1. The number of hydrogen-bond acceptors (Lipinski definition) is 6. The van der Waals surface area contributed by atoms with Gasteiger partial charge in [0.1, 0.15) is 24.0 Å². The Morgan fingerprint density at radius 2 is 2.03 bits per heavy atom. The van der Waals surface area contributed by atoms with Crippen LogP contribution in [0.3, 0.4) is 0 Å². The number of ether oxygens (including phenoxy) is 2. The number of hydrogen-bond donors (Lipinski definition) is 1. The van der Waals surface area contributed by atoms with Crippen LogP contribution in [0.2, 0.25) is 0 Å². The Hall–Kier alpha value is -3.65. The first-order valence-electron chi connectivity index (χ1n) is 10.7. The fourth-order valence-electron chi connectivity index (χ4n) is 4.00. The summed E-state index contributed by atoms with van der Waals surface area (Å²) in [6.45, 7) is 1.04. The average Bonchev–Trinajstić information content (AvgIpc) is 3.20. The first-order chi connectivity index (χ1) is 16.3. The number of alkyl halides is 3. The largest absolute Gasteiger partial charge is 0.493 e. The predicted molar refractivity (Wildman–Crippen MR) is 114 cm³/mol. The van der Waals surface area contributed by atoms with Crippen molar-refractivity contribution < 1.29 is 32.5 Å². The van der Waals surface area contributed by atoms with Gasteiger partial charge in [-0.25, -0.2) is 9.97 Å². The van der Waals surface area contributed by atoms with Crippen LogP contribution in [0.25, 0.3) is 22.3 Å². The molecular weight excluding hydrogens is 453 g/mol. The van der Waals surface area contributed by atoms with Crippen molar-refractivity contribution in [3.63, 3.8) is 0 Å². The molecule has 0 amide bonds. The van der Waals surface area contributed by atoms with Crippen LogP contribution in [-0.4, -0.2) is 45.4 Å². The molecule has 0 unspecified atom stereocenters. The highest BCUT2D eigenvalue weighted by Crippen LogP contribution is 2.40. The Morgan fingerprint density at radius 3 is 2.71 bits per heavy atom. The molecule has 1 aliphatic rings. The van der Waals surface area contributed by atoms with Gasteiger partial charge in [0.25, 0.3) is 0 Å². The predicted octanol–water partition coefficient (Wildman–Crippen LogP) is 4.27. The van der Waals surface area contributed by atoms with E-state index in [2.05, 4.69) is 9.97 Å². The Labute approximate surface area is 192 Å². The summed E-state index contributed by atoms with van der Waals surface area (Å²) in [5.74, 6) is -1.33. The quantitative estimate of drug-likeness (QED) is 0.545. The lowest BCUT2D eigenvalue weighted by atomic mass is 9.97. The summed E-state index contributed by atoms with van der Waals surface area (Å²) in [5, 5.41) is 18.7. The number of carboxylic acid groups (broad SMARTS) is 1. The van der Waals surface area contributed by atoms with E-state index in [1.807, 2.05) is 0 Å². The molecule has 34 heavy (non-hydrogen) atoms. The molecule has 1 aliphatic heterocycles. The highest BCUT2D eigenvalue weighted by atomic mass is 19.4. The summed E-state index contributed by atoms with van der Waals surface area (Å²) in [7, 11) is 0. The highest BCUT2D eigenvalue weighted by Gasteiger charge is 2.35. The van der Waals surface area contributed by atoms with Gasteiger partial charge in [-0.2, -0.15) is 18.4 Å².